The molecule has 2 unspecified atom stereocenters. The number of nitrogens with zero attached hydrogens (tertiary/aromatic N) is 2. The van der Waals surface area contributed by atoms with Gasteiger partial charge in [0.05, 0.1) is 11.4 Å². The molecule has 3 heteroatoms. The van der Waals surface area contributed by atoms with Gasteiger partial charge in [-0.2, -0.15) is 0 Å². The van der Waals surface area contributed by atoms with Crippen LogP contribution in [0.4, 0.5) is 0 Å². The van der Waals surface area contributed by atoms with E-state index in [1.165, 1.54) is 22.3 Å². The Bertz CT molecular complexity index is 1460. The zero-order valence-corrected chi connectivity index (χ0v) is 17.5. The summed E-state index contributed by atoms with van der Waals surface area (Å²) >= 11 is 0. The van der Waals surface area contributed by atoms with Crippen LogP contribution < -0.4 is 4.74 Å². The van der Waals surface area contributed by atoms with Crippen molar-refractivity contribution in [3.05, 3.63) is 113 Å². The van der Waals surface area contributed by atoms with Crippen LogP contribution in [0.15, 0.2) is 85.2 Å². The highest BCUT2D eigenvalue weighted by molar-refractivity contribution is 6.10. The average molecular weight is 402 g/mol. The summed E-state index contributed by atoms with van der Waals surface area (Å²) in [7, 11) is 0. The molecule has 3 heterocycles. The molecule has 0 N–H and O–H groups in total. The second-order valence-corrected chi connectivity index (χ2v) is 8.27. The van der Waals surface area contributed by atoms with Gasteiger partial charge >= 0.3 is 0 Å². The third-order valence-corrected chi connectivity index (χ3v) is 6.50. The minimum Gasteiger partial charge on any atom is -0.482 e. The third-order valence-electron chi connectivity index (χ3n) is 6.50. The maximum Gasteiger partial charge on any atom is 0.152 e. The van der Waals surface area contributed by atoms with E-state index in [4.69, 9.17) is 14.7 Å². The predicted molar refractivity (Wildman–Crippen MR) is 125 cm³/mol. The Labute approximate surface area is 181 Å². The molecular formula is C28H22N2O. The standard InChI is InChI=1S/C28H22N2O/c1-17-9-3-5-11-19(17)23-24-25-21(13-7-15-29-25)22-14-8-16-30-26(22)28(24)31-27(23)20-12-6-4-10-18(20)2/h3-16,23,27H,1-2H3. The molecule has 1 aliphatic rings. The van der Waals surface area contributed by atoms with Crippen molar-refractivity contribution in [2.45, 2.75) is 25.9 Å². The molecule has 2 aromatic heterocycles. The van der Waals surface area contributed by atoms with Crippen LogP contribution in [-0.2, 0) is 0 Å². The van der Waals surface area contributed by atoms with Gasteiger partial charge in [-0.05, 0) is 48.2 Å². The fourth-order valence-electron chi connectivity index (χ4n) is 5.03. The maximum absolute atomic E-state index is 6.81. The Kier molecular flexibility index (Phi) is 4.03. The van der Waals surface area contributed by atoms with E-state index in [9.17, 15) is 0 Å². The van der Waals surface area contributed by atoms with Gasteiger partial charge in [0.25, 0.3) is 0 Å². The first-order valence-electron chi connectivity index (χ1n) is 10.7. The van der Waals surface area contributed by atoms with Gasteiger partial charge in [0.15, 0.2) is 5.75 Å². The van der Waals surface area contributed by atoms with Gasteiger partial charge in [-0.25, -0.2) is 0 Å². The first-order chi connectivity index (χ1) is 15.2. The van der Waals surface area contributed by atoms with E-state index in [0.29, 0.717) is 0 Å². The molecule has 0 aliphatic carbocycles. The molecular weight excluding hydrogens is 380 g/mol. The number of benzene rings is 3. The summed E-state index contributed by atoms with van der Waals surface area (Å²) in [5.41, 5.74) is 8.03. The summed E-state index contributed by atoms with van der Waals surface area (Å²) in [5, 5.41) is 2.20. The topological polar surface area (TPSA) is 35.0 Å². The summed E-state index contributed by atoms with van der Waals surface area (Å²) in [4.78, 5) is 9.60. The fourth-order valence-corrected chi connectivity index (χ4v) is 5.03. The molecule has 150 valence electrons. The quantitative estimate of drug-likeness (QED) is 0.310. The lowest BCUT2D eigenvalue weighted by atomic mass is 9.81. The van der Waals surface area contributed by atoms with Crippen LogP contribution in [-0.4, -0.2) is 9.97 Å². The van der Waals surface area contributed by atoms with Crippen LogP contribution >= 0.6 is 0 Å². The molecule has 0 fully saturated rings. The zero-order chi connectivity index (χ0) is 20.9. The monoisotopic (exact) mass is 402 g/mol. The molecule has 0 spiro atoms. The highest BCUT2D eigenvalue weighted by atomic mass is 16.5. The summed E-state index contributed by atoms with van der Waals surface area (Å²) in [5.74, 6) is 0.907. The Balaban J connectivity index is 1.74. The number of aryl methyl sites for hydroxylation is 2. The van der Waals surface area contributed by atoms with Crippen LogP contribution in [0.3, 0.4) is 0 Å². The number of pyridine rings is 2. The smallest absolute Gasteiger partial charge is 0.152 e. The fraction of sp³-hybridized carbons (Fsp3) is 0.143. The normalized spacial score (nSPS) is 17.6. The minimum atomic E-state index is -0.130. The summed E-state index contributed by atoms with van der Waals surface area (Å²) in [6, 6.07) is 25.4. The Morgan fingerprint density at radius 3 is 1.90 bits per heavy atom. The van der Waals surface area contributed by atoms with E-state index in [-0.39, 0.29) is 12.0 Å². The lowest BCUT2D eigenvalue weighted by molar-refractivity contribution is 0.223. The van der Waals surface area contributed by atoms with Crippen LogP contribution in [0.1, 0.15) is 39.8 Å². The third kappa shape index (κ3) is 2.66. The van der Waals surface area contributed by atoms with Gasteiger partial charge in [0.1, 0.15) is 11.6 Å². The Morgan fingerprint density at radius 2 is 1.23 bits per heavy atom. The van der Waals surface area contributed by atoms with Crippen molar-refractivity contribution in [3.8, 4) is 5.75 Å². The lowest BCUT2D eigenvalue weighted by Gasteiger charge is -2.23. The molecule has 3 aromatic carbocycles. The van der Waals surface area contributed by atoms with E-state index < -0.39 is 0 Å². The number of ether oxygens (including phenoxy) is 1. The van der Waals surface area contributed by atoms with E-state index in [1.54, 1.807) is 0 Å². The molecule has 31 heavy (non-hydrogen) atoms. The average Bonchev–Trinajstić information content (AvgIpc) is 3.20. The minimum absolute atomic E-state index is 0.0427. The Hall–Kier alpha value is -3.72. The molecule has 1 aliphatic heterocycles. The van der Waals surface area contributed by atoms with Crippen LogP contribution in [0, 0.1) is 13.8 Å². The van der Waals surface area contributed by atoms with E-state index in [2.05, 4.69) is 74.5 Å². The molecule has 0 radical (unpaired) electrons. The van der Waals surface area contributed by atoms with Crippen molar-refractivity contribution in [1.82, 2.24) is 9.97 Å². The highest BCUT2D eigenvalue weighted by Gasteiger charge is 2.41. The molecule has 0 bridgehead atoms. The number of fused-ring (bicyclic) bond motifs is 6. The van der Waals surface area contributed by atoms with Crippen molar-refractivity contribution < 1.29 is 4.74 Å². The molecule has 6 rings (SSSR count). The van der Waals surface area contributed by atoms with Crippen molar-refractivity contribution in [2.24, 2.45) is 0 Å². The summed E-state index contributed by atoms with van der Waals surface area (Å²) in [6.07, 6.45) is 3.59. The second kappa shape index (κ2) is 6.92. The van der Waals surface area contributed by atoms with Crippen molar-refractivity contribution in [3.63, 3.8) is 0 Å². The first kappa shape index (κ1) is 18.1. The Morgan fingerprint density at radius 1 is 0.645 bits per heavy atom. The zero-order valence-electron chi connectivity index (χ0n) is 17.5. The van der Waals surface area contributed by atoms with Crippen LogP contribution in [0.2, 0.25) is 0 Å². The van der Waals surface area contributed by atoms with Gasteiger partial charge in [-0.1, -0.05) is 60.7 Å². The van der Waals surface area contributed by atoms with Crippen molar-refractivity contribution in [1.29, 1.82) is 0 Å². The SMILES string of the molecule is Cc1ccccc1C1Oc2c(c3ncccc3c3cccnc23)C1c1ccccc1C. The molecule has 5 aromatic rings. The van der Waals surface area contributed by atoms with Crippen molar-refractivity contribution in [2.75, 3.05) is 0 Å². The number of hydrogen-bond donors (Lipinski definition) is 0. The van der Waals surface area contributed by atoms with Gasteiger partial charge < -0.3 is 4.74 Å². The first-order valence-corrected chi connectivity index (χ1v) is 10.7. The molecule has 0 saturated carbocycles. The summed E-state index contributed by atoms with van der Waals surface area (Å²) in [6.45, 7) is 4.33. The second-order valence-electron chi connectivity index (χ2n) is 8.27. The molecule has 0 amide bonds. The van der Waals surface area contributed by atoms with Crippen LogP contribution in [0.5, 0.6) is 5.75 Å². The van der Waals surface area contributed by atoms with Gasteiger partial charge in [0.2, 0.25) is 0 Å². The van der Waals surface area contributed by atoms with E-state index in [1.807, 2.05) is 24.5 Å². The van der Waals surface area contributed by atoms with Gasteiger partial charge in [-0.15, -0.1) is 0 Å². The molecule has 0 saturated heterocycles. The summed E-state index contributed by atoms with van der Waals surface area (Å²) < 4.78 is 6.81. The maximum atomic E-state index is 6.81. The number of rotatable bonds is 2. The van der Waals surface area contributed by atoms with Gasteiger partial charge in [-0.3, -0.25) is 9.97 Å². The lowest BCUT2D eigenvalue weighted by Crippen LogP contribution is -2.14. The van der Waals surface area contributed by atoms with E-state index in [0.717, 1.165) is 33.1 Å². The van der Waals surface area contributed by atoms with E-state index >= 15 is 0 Å². The molecule has 3 nitrogen and oxygen atoms in total. The van der Waals surface area contributed by atoms with Crippen LogP contribution in [0.25, 0.3) is 21.8 Å². The highest BCUT2D eigenvalue weighted by Crippen LogP contribution is 2.55. The van der Waals surface area contributed by atoms with Gasteiger partial charge in [0, 0.05) is 28.7 Å². The largest absolute Gasteiger partial charge is 0.482 e. The molecule has 2 atom stereocenters. The predicted octanol–water partition coefficient (Wildman–Crippen LogP) is 6.67. The van der Waals surface area contributed by atoms with Crippen molar-refractivity contribution >= 4 is 21.8 Å². The number of aromatic nitrogens is 2. The number of hydrogen-bond acceptors (Lipinski definition) is 3.